The summed E-state index contributed by atoms with van der Waals surface area (Å²) in [6.07, 6.45) is -4.11. The summed E-state index contributed by atoms with van der Waals surface area (Å²) in [5.74, 6) is -1.09. The van der Waals surface area contributed by atoms with E-state index in [4.69, 9.17) is 10.5 Å². The van der Waals surface area contributed by atoms with Crippen molar-refractivity contribution in [2.24, 2.45) is 5.73 Å². The molecule has 1 unspecified atom stereocenters. The van der Waals surface area contributed by atoms with Crippen molar-refractivity contribution in [1.29, 1.82) is 0 Å². The van der Waals surface area contributed by atoms with Gasteiger partial charge >= 0.3 is 0 Å². The molecule has 3 nitrogen and oxygen atoms in total. The van der Waals surface area contributed by atoms with Gasteiger partial charge in [-0.1, -0.05) is 0 Å². The van der Waals surface area contributed by atoms with Crippen LogP contribution in [0.5, 0.6) is 5.75 Å². The second-order valence-corrected chi connectivity index (χ2v) is 3.17. The van der Waals surface area contributed by atoms with Crippen LogP contribution in [0.15, 0.2) is 12.1 Å². The Morgan fingerprint density at radius 3 is 2.38 bits per heavy atom. The van der Waals surface area contributed by atoms with Gasteiger partial charge in [0, 0.05) is 12.1 Å². The van der Waals surface area contributed by atoms with Crippen molar-refractivity contribution in [2.45, 2.75) is 12.5 Å². The molecule has 16 heavy (non-hydrogen) atoms. The molecule has 0 aliphatic carbocycles. The number of ether oxygens (including phenoxy) is 1. The van der Waals surface area contributed by atoms with Gasteiger partial charge in [0.25, 0.3) is 6.43 Å². The van der Waals surface area contributed by atoms with E-state index in [1.807, 2.05) is 0 Å². The monoisotopic (exact) mass is 235 g/mol. The molecule has 0 fully saturated rings. The number of hydrogen-bond acceptors (Lipinski definition) is 3. The van der Waals surface area contributed by atoms with Crippen molar-refractivity contribution in [3.05, 3.63) is 29.1 Å². The highest BCUT2D eigenvalue weighted by atomic mass is 19.3. The first kappa shape index (κ1) is 12.8. The standard InChI is InChI=1S/C10H12F3NO2/c1-16-9-6(8(15)4-14)2-5(11)3-7(9)10(12)13/h2-3,8,10,15H,4,14H2,1H3. The highest BCUT2D eigenvalue weighted by Crippen LogP contribution is 2.35. The Balaban J connectivity index is 3.35. The van der Waals surface area contributed by atoms with E-state index >= 15 is 0 Å². The summed E-state index contributed by atoms with van der Waals surface area (Å²) in [6.45, 7) is -0.206. The minimum Gasteiger partial charge on any atom is -0.496 e. The highest BCUT2D eigenvalue weighted by Gasteiger charge is 2.22. The first-order chi connectivity index (χ1) is 7.51. The first-order valence-electron chi connectivity index (χ1n) is 4.54. The van der Waals surface area contributed by atoms with Crippen LogP contribution in [0.25, 0.3) is 0 Å². The van der Waals surface area contributed by atoms with Crippen molar-refractivity contribution in [2.75, 3.05) is 13.7 Å². The molecule has 1 atom stereocenters. The van der Waals surface area contributed by atoms with Crippen LogP contribution in [-0.4, -0.2) is 18.8 Å². The van der Waals surface area contributed by atoms with E-state index < -0.39 is 23.9 Å². The SMILES string of the molecule is COc1c(C(F)F)cc(F)cc1C(O)CN. The van der Waals surface area contributed by atoms with Gasteiger partial charge in [-0.25, -0.2) is 13.2 Å². The quantitative estimate of drug-likeness (QED) is 0.836. The second-order valence-electron chi connectivity index (χ2n) is 3.17. The molecule has 1 aromatic rings. The third-order valence-corrected chi connectivity index (χ3v) is 2.13. The maximum absolute atomic E-state index is 13.1. The van der Waals surface area contributed by atoms with Gasteiger partial charge in [-0.05, 0) is 12.1 Å². The zero-order chi connectivity index (χ0) is 12.3. The van der Waals surface area contributed by atoms with Gasteiger partial charge in [0.15, 0.2) is 0 Å². The molecule has 0 aliphatic rings. The summed E-state index contributed by atoms with van der Waals surface area (Å²) in [6, 6.07) is 1.61. The van der Waals surface area contributed by atoms with Gasteiger partial charge in [-0.2, -0.15) is 0 Å². The number of halogens is 3. The highest BCUT2D eigenvalue weighted by molar-refractivity contribution is 5.44. The van der Waals surface area contributed by atoms with Gasteiger partial charge in [0.2, 0.25) is 0 Å². The zero-order valence-electron chi connectivity index (χ0n) is 8.58. The average Bonchev–Trinajstić information content (AvgIpc) is 2.26. The molecule has 0 aromatic heterocycles. The molecule has 1 aromatic carbocycles. The first-order valence-corrected chi connectivity index (χ1v) is 4.54. The third-order valence-electron chi connectivity index (χ3n) is 2.13. The smallest absolute Gasteiger partial charge is 0.267 e. The Morgan fingerprint density at radius 1 is 1.38 bits per heavy atom. The molecule has 0 radical (unpaired) electrons. The van der Waals surface area contributed by atoms with Crippen LogP contribution in [0.1, 0.15) is 23.7 Å². The van der Waals surface area contributed by atoms with Crippen LogP contribution in [0.2, 0.25) is 0 Å². The van der Waals surface area contributed by atoms with Gasteiger partial charge in [0.05, 0.1) is 18.8 Å². The lowest BCUT2D eigenvalue weighted by atomic mass is 10.0. The van der Waals surface area contributed by atoms with Crippen LogP contribution in [0.3, 0.4) is 0 Å². The largest absolute Gasteiger partial charge is 0.496 e. The van der Waals surface area contributed by atoms with Crippen LogP contribution in [0, 0.1) is 5.82 Å². The van der Waals surface area contributed by atoms with E-state index in [1.165, 1.54) is 7.11 Å². The van der Waals surface area contributed by atoms with Gasteiger partial charge < -0.3 is 15.6 Å². The number of methoxy groups -OCH3 is 1. The van der Waals surface area contributed by atoms with E-state index in [9.17, 15) is 18.3 Å². The van der Waals surface area contributed by atoms with Crippen molar-refractivity contribution >= 4 is 0 Å². The summed E-state index contributed by atoms with van der Waals surface area (Å²) < 4.78 is 43.0. The molecule has 0 amide bonds. The predicted octanol–water partition coefficient (Wildman–Crippen LogP) is 1.76. The Morgan fingerprint density at radius 2 is 1.94 bits per heavy atom. The number of rotatable bonds is 4. The van der Waals surface area contributed by atoms with E-state index in [2.05, 4.69) is 0 Å². The molecule has 0 aliphatic heterocycles. The molecule has 0 saturated heterocycles. The molecule has 0 heterocycles. The van der Waals surface area contributed by atoms with Crippen molar-refractivity contribution in [1.82, 2.24) is 0 Å². The minimum absolute atomic E-state index is 0.0692. The Labute approximate surface area is 90.6 Å². The predicted molar refractivity (Wildman–Crippen MR) is 51.9 cm³/mol. The van der Waals surface area contributed by atoms with Crippen LogP contribution >= 0.6 is 0 Å². The maximum Gasteiger partial charge on any atom is 0.267 e. The lowest BCUT2D eigenvalue weighted by Crippen LogP contribution is -2.14. The van der Waals surface area contributed by atoms with Crippen LogP contribution < -0.4 is 10.5 Å². The Kier molecular flexibility index (Phi) is 4.14. The molecule has 0 saturated carbocycles. The molecule has 0 bridgehead atoms. The van der Waals surface area contributed by atoms with Crippen molar-refractivity contribution < 1.29 is 23.0 Å². The van der Waals surface area contributed by atoms with Gasteiger partial charge in [0.1, 0.15) is 11.6 Å². The topological polar surface area (TPSA) is 55.5 Å². The van der Waals surface area contributed by atoms with Crippen LogP contribution in [0.4, 0.5) is 13.2 Å². The number of aliphatic hydroxyl groups is 1. The Hall–Kier alpha value is -1.27. The fraction of sp³-hybridized carbons (Fsp3) is 0.400. The molecule has 6 heteroatoms. The minimum atomic E-state index is -2.88. The fourth-order valence-corrected chi connectivity index (χ4v) is 1.41. The van der Waals surface area contributed by atoms with E-state index in [0.717, 1.165) is 6.07 Å². The summed E-state index contributed by atoms with van der Waals surface area (Å²) in [4.78, 5) is 0. The summed E-state index contributed by atoms with van der Waals surface area (Å²) >= 11 is 0. The van der Waals surface area contributed by atoms with Gasteiger partial charge in [-0.15, -0.1) is 0 Å². The Bertz CT molecular complexity index is 371. The number of hydrogen-bond donors (Lipinski definition) is 2. The second kappa shape index (κ2) is 5.18. The molecule has 3 N–H and O–H groups in total. The lowest BCUT2D eigenvalue weighted by molar-refractivity contribution is 0.143. The molecule has 1 rings (SSSR count). The normalized spacial score (nSPS) is 12.9. The summed E-state index contributed by atoms with van der Waals surface area (Å²) in [7, 11) is 1.17. The molecular formula is C10H12F3NO2. The van der Waals surface area contributed by atoms with Crippen molar-refractivity contribution in [3.63, 3.8) is 0 Å². The molecular weight excluding hydrogens is 223 g/mol. The van der Waals surface area contributed by atoms with E-state index in [0.29, 0.717) is 6.07 Å². The summed E-state index contributed by atoms with van der Waals surface area (Å²) in [5.41, 5.74) is 4.53. The zero-order valence-corrected chi connectivity index (χ0v) is 8.58. The maximum atomic E-state index is 13.1. The van der Waals surface area contributed by atoms with E-state index in [-0.39, 0.29) is 17.9 Å². The average molecular weight is 235 g/mol. The van der Waals surface area contributed by atoms with E-state index in [1.54, 1.807) is 0 Å². The number of alkyl halides is 2. The third kappa shape index (κ3) is 2.45. The number of benzene rings is 1. The number of aliphatic hydroxyl groups excluding tert-OH is 1. The van der Waals surface area contributed by atoms with Crippen LogP contribution in [-0.2, 0) is 0 Å². The van der Waals surface area contributed by atoms with Gasteiger partial charge in [-0.3, -0.25) is 0 Å². The van der Waals surface area contributed by atoms with Crippen molar-refractivity contribution in [3.8, 4) is 5.75 Å². The summed E-state index contributed by atoms with van der Waals surface area (Å²) in [5, 5.41) is 9.46. The lowest BCUT2D eigenvalue weighted by Gasteiger charge is -2.16. The fourth-order valence-electron chi connectivity index (χ4n) is 1.41. The molecule has 90 valence electrons. The molecule has 0 spiro atoms. The number of nitrogens with two attached hydrogens (primary N) is 1.